The van der Waals surface area contributed by atoms with Crippen LogP contribution in [-0.4, -0.2) is 11.6 Å². The van der Waals surface area contributed by atoms with Gasteiger partial charge in [-0.1, -0.05) is 58.0 Å². The average molecular weight is 314 g/mol. The number of carbonyl (C=O) groups excluding carboxylic acids is 2. The van der Waals surface area contributed by atoms with Crippen molar-refractivity contribution in [1.29, 1.82) is 0 Å². The largest absolute Gasteiger partial charge is 0.299 e. The van der Waals surface area contributed by atoms with Gasteiger partial charge in [0, 0.05) is 24.3 Å². The van der Waals surface area contributed by atoms with Crippen LogP contribution < -0.4 is 0 Å². The van der Waals surface area contributed by atoms with E-state index in [4.69, 9.17) is 0 Å². The van der Waals surface area contributed by atoms with Gasteiger partial charge >= 0.3 is 0 Å². The summed E-state index contributed by atoms with van der Waals surface area (Å²) < 4.78 is 0. The third-order valence-electron chi connectivity index (χ3n) is 5.41. The molecule has 0 bridgehead atoms. The van der Waals surface area contributed by atoms with Gasteiger partial charge in [-0.25, -0.2) is 0 Å². The molecule has 0 saturated heterocycles. The van der Waals surface area contributed by atoms with Crippen LogP contribution in [0.2, 0.25) is 0 Å². The van der Waals surface area contributed by atoms with Gasteiger partial charge < -0.3 is 0 Å². The summed E-state index contributed by atoms with van der Waals surface area (Å²) in [6, 6.07) is 9.29. The Balaban J connectivity index is 1.98. The van der Waals surface area contributed by atoms with Gasteiger partial charge in [-0.3, -0.25) is 9.59 Å². The lowest BCUT2D eigenvalue weighted by Gasteiger charge is -2.42. The lowest BCUT2D eigenvalue weighted by Crippen LogP contribution is -2.37. The summed E-state index contributed by atoms with van der Waals surface area (Å²) in [5.41, 5.74) is 0.958. The van der Waals surface area contributed by atoms with Crippen LogP contribution in [0.25, 0.3) is 0 Å². The molecule has 1 saturated carbocycles. The second-order valence-electron chi connectivity index (χ2n) is 8.18. The highest BCUT2D eigenvalue weighted by Crippen LogP contribution is 2.45. The molecule has 1 aromatic rings. The Morgan fingerprint density at radius 1 is 1.13 bits per heavy atom. The molecule has 0 heterocycles. The van der Waals surface area contributed by atoms with Gasteiger partial charge in [-0.05, 0) is 36.5 Å². The Hall–Kier alpha value is -1.44. The van der Waals surface area contributed by atoms with Gasteiger partial charge in [0.1, 0.15) is 5.78 Å². The van der Waals surface area contributed by atoms with Crippen molar-refractivity contribution in [3.8, 4) is 0 Å². The number of Topliss-reactive ketones (excluding diaryl/α,β-unsaturated/α-hetero) is 2. The fourth-order valence-corrected chi connectivity index (χ4v) is 3.95. The number of benzene rings is 1. The van der Waals surface area contributed by atoms with Crippen molar-refractivity contribution in [1.82, 2.24) is 0 Å². The van der Waals surface area contributed by atoms with Crippen molar-refractivity contribution < 1.29 is 9.59 Å². The van der Waals surface area contributed by atoms with Gasteiger partial charge in [-0.2, -0.15) is 0 Å². The van der Waals surface area contributed by atoms with Crippen LogP contribution in [0.1, 0.15) is 70.2 Å². The van der Waals surface area contributed by atoms with Crippen molar-refractivity contribution >= 4 is 11.6 Å². The molecule has 126 valence electrons. The second-order valence-corrected chi connectivity index (χ2v) is 8.18. The summed E-state index contributed by atoms with van der Waals surface area (Å²) in [7, 11) is 0. The molecule has 2 heteroatoms. The molecule has 1 fully saturated rings. The van der Waals surface area contributed by atoms with Crippen molar-refractivity contribution in [2.24, 2.45) is 23.2 Å². The standard InChI is InChI=1S/C21H30O2/c1-15(2)17-12-13-21(3,4)14-18(17)20(23)11-10-19(22)16-8-6-5-7-9-16/h5-9,15,17-18H,10-14H2,1-4H3. The van der Waals surface area contributed by atoms with E-state index in [9.17, 15) is 9.59 Å². The molecule has 23 heavy (non-hydrogen) atoms. The van der Waals surface area contributed by atoms with E-state index in [1.807, 2.05) is 30.3 Å². The summed E-state index contributed by atoms with van der Waals surface area (Å²) in [5.74, 6) is 1.51. The monoisotopic (exact) mass is 314 g/mol. The Kier molecular flexibility index (Phi) is 5.78. The highest BCUT2D eigenvalue weighted by atomic mass is 16.1. The van der Waals surface area contributed by atoms with Crippen LogP contribution in [-0.2, 0) is 4.79 Å². The maximum Gasteiger partial charge on any atom is 0.163 e. The first kappa shape index (κ1) is 17.9. The highest BCUT2D eigenvalue weighted by molar-refractivity contribution is 5.98. The zero-order valence-electron chi connectivity index (χ0n) is 15.0. The molecule has 0 spiro atoms. The lowest BCUT2D eigenvalue weighted by molar-refractivity contribution is -0.128. The first-order chi connectivity index (χ1) is 10.8. The Morgan fingerprint density at radius 2 is 1.78 bits per heavy atom. The van der Waals surface area contributed by atoms with E-state index in [1.165, 1.54) is 6.42 Å². The molecule has 1 aromatic carbocycles. The lowest BCUT2D eigenvalue weighted by atomic mass is 9.62. The van der Waals surface area contributed by atoms with Crippen LogP contribution in [0.15, 0.2) is 30.3 Å². The normalized spacial score (nSPS) is 23.7. The topological polar surface area (TPSA) is 34.1 Å². The zero-order valence-corrected chi connectivity index (χ0v) is 15.0. The van der Waals surface area contributed by atoms with Gasteiger partial charge in [0.25, 0.3) is 0 Å². The minimum absolute atomic E-state index is 0.0788. The molecule has 0 aliphatic heterocycles. The minimum atomic E-state index is 0.0788. The smallest absolute Gasteiger partial charge is 0.163 e. The van der Waals surface area contributed by atoms with E-state index in [1.54, 1.807) is 0 Å². The number of carbonyl (C=O) groups is 2. The van der Waals surface area contributed by atoms with Crippen molar-refractivity contribution in [3.05, 3.63) is 35.9 Å². The number of hydrogen-bond donors (Lipinski definition) is 0. The fourth-order valence-electron chi connectivity index (χ4n) is 3.95. The van der Waals surface area contributed by atoms with Crippen molar-refractivity contribution in [2.75, 3.05) is 0 Å². The molecule has 0 amide bonds. The van der Waals surface area contributed by atoms with Gasteiger partial charge in [-0.15, -0.1) is 0 Å². The second kappa shape index (κ2) is 7.42. The summed E-state index contributed by atoms with van der Waals surface area (Å²) in [6.45, 7) is 8.97. The Morgan fingerprint density at radius 3 is 2.39 bits per heavy atom. The predicted octanol–water partition coefficient (Wildman–Crippen LogP) is 5.32. The van der Waals surface area contributed by atoms with Crippen LogP contribution >= 0.6 is 0 Å². The molecule has 0 N–H and O–H groups in total. The van der Waals surface area contributed by atoms with Crippen molar-refractivity contribution in [2.45, 2.75) is 59.8 Å². The van der Waals surface area contributed by atoms with Crippen LogP contribution in [0, 0.1) is 23.2 Å². The summed E-state index contributed by atoms with van der Waals surface area (Å²) in [6.07, 6.45) is 4.02. The molecular weight excluding hydrogens is 284 g/mol. The summed E-state index contributed by atoms with van der Waals surface area (Å²) in [5, 5.41) is 0. The van der Waals surface area contributed by atoms with E-state index in [2.05, 4.69) is 27.7 Å². The Bertz CT molecular complexity index is 542. The quantitative estimate of drug-likeness (QED) is 0.666. The molecule has 1 aliphatic carbocycles. The summed E-state index contributed by atoms with van der Waals surface area (Å²) in [4.78, 5) is 25.0. The third-order valence-corrected chi connectivity index (χ3v) is 5.41. The molecule has 0 aromatic heterocycles. The first-order valence-electron chi connectivity index (χ1n) is 8.91. The average Bonchev–Trinajstić information content (AvgIpc) is 2.51. The third kappa shape index (κ3) is 4.76. The maximum atomic E-state index is 12.8. The molecule has 2 nitrogen and oxygen atoms in total. The highest BCUT2D eigenvalue weighted by Gasteiger charge is 2.39. The van der Waals surface area contributed by atoms with Gasteiger partial charge in [0.05, 0.1) is 0 Å². The summed E-state index contributed by atoms with van der Waals surface area (Å²) >= 11 is 0. The number of rotatable bonds is 6. The zero-order chi connectivity index (χ0) is 17.0. The van der Waals surface area contributed by atoms with E-state index in [-0.39, 0.29) is 17.1 Å². The molecule has 2 unspecified atom stereocenters. The van der Waals surface area contributed by atoms with Gasteiger partial charge in [0.15, 0.2) is 5.78 Å². The van der Waals surface area contributed by atoms with E-state index in [0.29, 0.717) is 36.0 Å². The van der Waals surface area contributed by atoms with E-state index < -0.39 is 0 Å². The minimum Gasteiger partial charge on any atom is -0.299 e. The SMILES string of the molecule is CC(C)C1CCC(C)(C)CC1C(=O)CCC(=O)c1ccccc1. The fraction of sp³-hybridized carbons (Fsp3) is 0.619. The maximum absolute atomic E-state index is 12.8. The van der Waals surface area contributed by atoms with Gasteiger partial charge in [0.2, 0.25) is 0 Å². The van der Waals surface area contributed by atoms with Crippen LogP contribution in [0.3, 0.4) is 0 Å². The predicted molar refractivity (Wildman–Crippen MR) is 94.5 cm³/mol. The molecule has 2 rings (SSSR count). The van der Waals surface area contributed by atoms with E-state index >= 15 is 0 Å². The molecule has 0 radical (unpaired) electrons. The van der Waals surface area contributed by atoms with Crippen molar-refractivity contribution in [3.63, 3.8) is 0 Å². The first-order valence-corrected chi connectivity index (χ1v) is 8.91. The Labute approximate surface area is 140 Å². The molecule has 2 atom stereocenters. The number of hydrogen-bond acceptors (Lipinski definition) is 2. The molecular formula is C21H30O2. The van der Waals surface area contributed by atoms with Crippen LogP contribution in [0.5, 0.6) is 0 Å². The molecule has 1 aliphatic rings. The number of ketones is 2. The van der Waals surface area contributed by atoms with Crippen LogP contribution in [0.4, 0.5) is 0 Å². The van der Waals surface area contributed by atoms with E-state index in [0.717, 1.165) is 12.8 Å².